The lowest BCUT2D eigenvalue weighted by Crippen LogP contribution is -2.07. The number of alkyl halides is 2. The van der Waals surface area contributed by atoms with Crippen molar-refractivity contribution >= 4 is 0 Å². The van der Waals surface area contributed by atoms with Crippen LogP contribution in [-0.2, 0) is 0 Å². The van der Waals surface area contributed by atoms with E-state index in [1.165, 1.54) is 19.2 Å². The molecule has 0 aliphatic carbocycles. The molecule has 0 bridgehead atoms. The van der Waals surface area contributed by atoms with Crippen LogP contribution >= 0.6 is 0 Å². The molecule has 72 valence electrons. The third kappa shape index (κ3) is 2.39. The Bertz CT molecular complexity index is 276. The molecule has 0 amide bonds. The van der Waals surface area contributed by atoms with Crippen LogP contribution in [0.1, 0.15) is 11.7 Å². The molecule has 1 unspecified atom stereocenters. The summed E-state index contributed by atoms with van der Waals surface area (Å²) < 4.78 is 28.9. The van der Waals surface area contributed by atoms with Crippen molar-refractivity contribution in [2.75, 3.05) is 7.11 Å². The summed E-state index contributed by atoms with van der Waals surface area (Å²) in [5, 5.41) is 9.01. The maximum absolute atomic E-state index is 12.1. The molecule has 1 N–H and O–H groups in total. The Balaban J connectivity index is 2.88. The molecular formula is C9H10F2O2. The molecule has 0 spiro atoms. The maximum Gasteiger partial charge on any atom is 0.268 e. The Morgan fingerprint density at radius 3 is 2.62 bits per heavy atom. The van der Waals surface area contributed by atoms with Gasteiger partial charge in [-0.3, -0.25) is 0 Å². The second kappa shape index (κ2) is 4.18. The smallest absolute Gasteiger partial charge is 0.268 e. The summed E-state index contributed by atoms with van der Waals surface area (Å²) in [5.41, 5.74) is 0.161. The van der Waals surface area contributed by atoms with E-state index in [2.05, 4.69) is 0 Å². The molecule has 0 heterocycles. The molecule has 0 fully saturated rings. The average molecular weight is 188 g/mol. The van der Waals surface area contributed by atoms with Crippen molar-refractivity contribution in [1.29, 1.82) is 0 Å². The van der Waals surface area contributed by atoms with Gasteiger partial charge >= 0.3 is 0 Å². The first-order chi connectivity index (χ1) is 6.15. The topological polar surface area (TPSA) is 29.5 Å². The van der Waals surface area contributed by atoms with Crippen molar-refractivity contribution in [2.45, 2.75) is 12.5 Å². The van der Waals surface area contributed by atoms with E-state index in [0.29, 0.717) is 5.75 Å². The average Bonchev–Trinajstić information content (AvgIpc) is 2.16. The van der Waals surface area contributed by atoms with Crippen molar-refractivity contribution in [2.24, 2.45) is 0 Å². The minimum Gasteiger partial charge on any atom is -0.497 e. The second-order valence-corrected chi connectivity index (χ2v) is 2.56. The van der Waals surface area contributed by atoms with Gasteiger partial charge in [-0.15, -0.1) is 0 Å². The summed E-state index contributed by atoms with van der Waals surface area (Å²) in [4.78, 5) is 0. The summed E-state index contributed by atoms with van der Waals surface area (Å²) in [6.45, 7) is 0. The van der Waals surface area contributed by atoms with Gasteiger partial charge in [-0.05, 0) is 17.7 Å². The zero-order chi connectivity index (χ0) is 9.84. The molecule has 0 aliphatic rings. The quantitative estimate of drug-likeness (QED) is 0.786. The minimum atomic E-state index is -2.77. The van der Waals surface area contributed by atoms with E-state index in [0.717, 1.165) is 0 Å². The molecule has 4 heteroatoms. The highest BCUT2D eigenvalue weighted by Crippen LogP contribution is 2.23. The predicted octanol–water partition coefficient (Wildman–Crippen LogP) is 1.99. The van der Waals surface area contributed by atoms with Crippen LogP contribution in [0, 0.1) is 0 Å². The molecule has 0 radical (unpaired) electrons. The zero-order valence-corrected chi connectivity index (χ0v) is 7.08. The summed E-state index contributed by atoms with van der Waals surface area (Å²) >= 11 is 0. The Labute approximate surface area is 74.8 Å². The van der Waals surface area contributed by atoms with Crippen LogP contribution in [0.4, 0.5) is 8.78 Å². The lowest BCUT2D eigenvalue weighted by Gasteiger charge is -2.10. The lowest BCUT2D eigenvalue weighted by molar-refractivity contribution is -0.00586. The van der Waals surface area contributed by atoms with Crippen LogP contribution in [0.25, 0.3) is 0 Å². The van der Waals surface area contributed by atoms with Crippen LogP contribution < -0.4 is 4.74 Å². The van der Waals surface area contributed by atoms with Crippen LogP contribution in [0.15, 0.2) is 24.3 Å². The maximum atomic E-state index is 12.1. The first-order valence-corrected chi connectivity index (χ1v) is 3.75. The van der Waals surface area contributed by atoms with Crippen LogP contribution in [0.2, 0.25) is 0 Å². The van der Waals surface area contributed by atoms with E-state index in [4.69, 9.17) is 9.84 Å². The summed E-state index contributed by atoms with van der Waals surface area (Å²) in [6.07, 6.45) is -4.51. The fourth-order valence-corrected chi connectivity index (χ4v) is 0.971. The number of aliphatic hydroxyl groups excluding tert-OH is 1. The molecule has 1 rings (SSSR count). The molecule has 13 heavy (non-hydrogen) atoms. The molecule has 0 aliphatic heterocycles. The molecule has 1 atom stereocenters. The van der Waals surface area contributed by atoms with Gasteiger partial charge in [0.15, 0.2) is 0 Å². The van der Waals surface area contributed by atoms with Crippen molar-refractivity contribution in [1.82, 2.24) is 0 Å². The number of hydrogen-bond acceptors (Lipinski definition) is 2. The first kappa shape index (κ1) is 9.92. The summed E-state index contributed by atoms with van der Waals surface area (Å²) in [7, 11) is 1.44. The van der Waals surface area contributed by atoms with Crippen molar-refractivity contribution in [3.63, 3.8) is 0 Å². The van der Waals surface area contributed by atoms with Crippen molar-refractivity contribution in [3.05, 3.63) is 29.8 Å². The fraction of sp³-hybridized carbons (Fsp3) is 0.333. The first-order valence-electron chi connectivity index (χ1n) is 3.75. The van der Waals surface area contributed by atoms with E-state index in [1.54, 1.807) is 12.1 Å². The van der Waals surface area contributed by atoms with Gasteiger partial charge in [-0.1, -0.05) is 12.1 Å². The van der Waals surface area contributed by atoms with Gasteiger partial charge in [0.2, 0.25) is 0 Å². The Morgan fingerprint density at radius 1 is 1.38 bits per heavy atom. The summed E-state index contributed by atoms with van der Waals surface area (Å²) in [6, 6.07) is 6.00. The second-order valence-electron chi connectivity index (χ2n) is 2.56. The molecule has 0 saturated heterocycles. The van der Waals surface area contributed by atoms with Gasteiger partial charge in [0.25, 0.3) is 6.43 Å². The predicted molar refractivity (Wildman–Crippen MR) is 44.0 cm³/mol. The summed E-state index contributed by atoms with van der Waals surface area (Å²) in [5.74, 6) is 0.456. The third-order valence-corrected chi connectivity index (χ3v) is 1.67. The van der Waals surface area contributed by atoms with Gasteiger partial charge in [0, 0.05) is 0 Å². The van der Waals surface area contributed by atoms with Crippen molar-refractivity contribution < 1.29 is 18.6 Å². The number of hydrogen-bond donors (Lipinski definition) is 1. The van der Waals surface area contributed by atoms with Gasteiger partial charge in [0.05, 0.1) is 7.11 Å². The van der Waals surface area contributed by atoms with Crippen LogP contribution in [-0.4, -0.2) is 18.6 Å². The van der Waals surface area contributed by atoms with E-state index in [9.17, 15) is 8.78 Å². The number of halogens is 2. The standard InChI is InChI=1S/C9H10F2O2/c1-13-7-4-2-3-6(5-7)8(12)9(10)11/h2-5,8-9,12H,1H3. The highest BCUT2D eigenvalue weighted by molar-refractivity contribution is 5.29. The van der Waals surface area contributed by atoms with E-state index < -0.39 is 12.5 Å². The molecule has 2 nitrogen and oxygen atoms in total. The van der Waals surface area contributed by atoms with E-state index in [-0.39, 0.29) is 5.56 Å². The Kier molecular flexibility index (Phi) is 3.19. The largest absolute Gasteiger partial charge is 0.497 e. The fourth-order valence-electron chi connectivity index (χ4n) is 0.971. The normalized spacial score (nSPS) is 13.0. The third-order valence-electron chi connectivity index (χ3n) is 1.67. The number of benzene rings is 1. The molecule has 1 aromatic carbocycles. The SMILES string of the molecule is COc1cccc(C(O)C(F)F)c1. The Morgan fingerprint density at radius 2 is 2.08 bits per heavy atom. The van der Waals surface area contributed by atoms with Gasteiger partial charge < -0.3 is 9.84 Å². The lowest BCUT2D eigenvalue weighted by atomic mass is 10.1. The number of rotatable bonds is 3. The molecule has 0 aromatic heterocycles. The number of ether oxygens (including phenoxy) is 1. The monoisotopic (exact) mass is 188 g/mol. The van der Waals surface area contributed by atoms with E-state index >= 15 is 0 Å². The van der Waals surface area contributed by atoms with Gasteiger partial charge in [-0.2, -0.15) is 0 Å². The van der Waals surface area contributed by atoms with Crippen LogP contribution in [0.5, 0.6) is 5.75 Å². The van der Waals surface area contributed by atoms with Crippen LogP contribution in [0.3, 0.4) is 0 Å². The highest BCUT2D eigenvalue weighted by atomic mass is 19.3. The molecule has 1 aromatic rings. The van der Waals surface area contributed by atoms with Gasteiger partial charge in [0.1, 0.15) is 11.9 Å². The van der Waals surface area contributed by atoms with E-state index in [1.807, 2.05) is 0 Å². The Hall–Kier alpha value is -1.16. The molecular weight excluding hydrogens is 178 g/mol. The number of methoxy groups -OCH3 is 1. The minimum absolute atomic E-state index is 0.161. The number of aliphatic hydroxyl groups is 1. The van der Waals surface area contributed by atoms with Gasteiger partial charge in [-0.25, -0.2) is 8.78 Å². The molecule has 0 saturated carbocycles. The van der Waals surface area contributed by atoms with Crippen molar-refractivity contribution in [3.8, 4) is 5.75 Å². The highest BCUT2D eigenvalue weighted by Gasteiger charge is 2.18. The zero-order valence-electron chi connectivity index (χ0n) is 7.08.